The van der Waals surface area contributed by atoms with Crippen molar-refractivity contribution in [2.75, 3.05) is 0 Å². The highest BCUT2D eigenvalue weighted by molar-refractivity contribution is 5.40. The van der Waals surface area contributed by atoms with Crippen LogP contribution in [0, 0.1) is 17.2 Å². The fourth-order valence-electron chi connectivity index (χ4n) is 1.37. The van der Waals surface area contributed by atoms with Gasteiger partial charge in [0.15, 0.2) is 0 Å². The molecule has 0 bridgehead atoms. The Morgan fingerprint density at radius 3 is 2.82 bits per heavy atom. The zero-order chi connectivity index (χ0) is 12.1. The van der Waals surface area contributed by atoms with E-state index in [4.69, 9.17) is 9.78 Å². The van der Waals surface area contributed by atoms with Gasteiger partial charge in [-0.25, -0.2) is 9.97 Å². The molecule has 0 fully saturated rings. The van der Waals surface area contributed by atoms with Crippen LogP contribution in [0.15, 0.2) is 23.0 Å². The summed E-state index contributed by atoms with van der Waals surface area (Å²) in [6.07, 6.45) is 4.31. The van der Waals surface area contributed by atoms with Gasteiger partial charge in [-0.2, -0.15) is 10.2 Å². The lowest BCUT2D eigenvalue weighted by atomic mass is 10.1. The predicted octanol–water partition coefficient (Wildman–Crippen LogP) is 1.62. The Balaban J connectivity index is 2.09. The van der Waals surface area contributed by atoms with Gasteiger partial charge < -0.3 is 4.52 Å². The Morgan fingerprint density at radius 2 is 2.12 bits per heavy atom. The molecule has 0 aromatic carbocycles. The largest absolute Gasteiger partial charge is 0.339 e. The van der Waals surface area contributed by atoms with E-state index < -0.39 is 0 Å². The summed E-state index contributed by atoms with van der Waals surface area (Å²) in [5.41, 5.74) is 0. The molecule has 17 heavy (non-hydrogen) atoms. The molecule has 0 saturated heterocycles. The zero-order valence-electron chi connectivity index (χ0n) is 9.37. The van der Waals surface area contributed by atoms with E-state index in [0.717, 1.165) is 0 Å². The second-order valence-corrected chi connectivity index (χ2v) is 3.76. The SMILES string of the molecule is CC(CC#N)Cc1nc(-c2ncccn2)no1. The average Bonchev–Trinajstić information content (AvgIpc) is 2.79. The monoisotopic (exact) mass is 229 g/mol. The van der Waals surface area contributed by atoms with Crippen molar-refractivity contribution in [1.82, 2.24) is 20.1 Å². The molecule has 1 unspecified atom stereocenters. The number of aromatic nitrogens is 4. The summed E-state index contributed by atoms with van der Waals surface area (Å²) in [4.78, 5) is 12.2. The summed E-state index contributed by atoms with van der Waals surface area (Å²) >= 11 is 0. The maximum absolute atomic E-state index is 8.56. The normalized spacial score (nSPS) is 12.0. The van der Waals surface area contributed by atoms with Gasteiger partial charge in [0.25, 0.3) is 0 Å². The van der Waals surface area contributed by atoms with E-state index in [9.17, 15) is 0 Å². The highest BCUT2D eigenvalue weighted by Crippen LogP contribution is 2.13. The Hall–Kier alpha value is -2.29. The third-order valence-corrected chi connectivity index (χ3v) is 2.20. The molecule has 0 amide bonds. The van der Waals surface area contributed by atoms with E-state index in [1.54, 1.807) is 18.5 Å². The van der Waals surface area contributed by atoms with Crippen LogP contribution in [-0.4, -0.2) is 20.1 Å². The van der Waals surface area contributed by atoms with Crippen LogP contribution in [-0.2, 0) is 6.42 Å². The Labute approximate surface area is 98.3 Å². The lowest BCUT2D eigenvalue weighted by molar-refractivity contribution is 0.359. The van der Waals surface area contributed by atoms with Crippen molar-refractivity contribution in [3.8, 4) is 17.7 Å². The van der Waals surface area contributed by atoms with Gasteiger partial charge in [0.05, 0.1) is 6.07 Å². The number of rotatable bonds is 4. The van der Waals surface area contributed by atoms with Crippen molar-refractivity contribution in [2.24, 2.45) is 5.92 Å². The summed E-state index contributed by atoms with van der Waals surface area (Å²) < 4.78 is 5.09. The quantitative estimate of drug-likeness (QED) is 0.791. The Bertz CT molecular complexity index is 516. The van der Waals surface area contributed by atoms with E-state index in [1.807, 2.05) is 6.92 Å². The predicted molar refractivity (Wildman–Crippen MR) is 58.4 cm³/mol. The van der Waals surface area contributed by atoms with Crippen LogP contribution in [0.2, 0.25) is 0 Å². The molecule has 2 rings (SSSR count). The van der Waals surface area contributed by atoms with Gasteiger partial charge in [-0.15, -0.1) is 0 Å². The fraction of sp³-hybridized carbons (Fsp3) is 0.364. The molecule has 6 nitrogen and oxygen atoms in total. The van der Waals surface area contributed by atoms with Crippen LogP contribution in [0.5, 0.6) is 0 Å². The van der Waals surface area contributed by atoms with Crippen molar-refractivity contribution in [3.63, 3.8) is 0 Å². The summed E-state index contributed by atoms with van der Waals surface area (Å²) in [5, 5.41) is 12.4. The lowest BCUT2D eigenvalue weighted by Crippen LogP contribution is -1.98. The number of nitrogens with zero attached hydrogens (tertiary/aromatic N) is 5. The number of nitriles is 1. The van der Waals surface area contributed by atoms with Gasteiger partial charge in [0.1, 0.15) is 0 Å². The van der Waals surface area contributed by atoms with Gasteiger partial charge in [-0.05, 0) is 12.0 Å². The maximum Gasteiger partial charge on any atom is 0.240 e. The maximum atomic E-state index is 8.56. The first-order valence-electron chi connectivity index (χ1n) is 5.26. The summed E-state index contributed by atoms with van der Waals surface area (Å²) in [5.74, 6) is 1.53. The Kier molecular flexibility index (Phi) is 3.40. The van der Waals surface area contributed by atoms with Crippen molar-refractivity contribution >= 4 is 0 Å². The van der Waals surface area contributed by atoms with E-state index in [2.05, 4.69) is 26.2 Å². The van der Waals surface area contributed by atoms with E-state index in [-0.39, 0.29) is 5.92 Å². The highest BCUT2D eigenvalue weighted by Gasteiger charge is 2.13. The number of hydrogen-bond donors (Lipinski definition) is 0. The molecule has 86 valence electrons. The van der Waals surface area contributed by atoms with Crippen LogP contribution in [0.25, 0.3) is 11.6 Å². The van der Waals surface area contributed by atoms with E-state index >= 15 is 0 Å². The molecule has 0 N–H and O–H groups in total. The van der Waals surface area contributed by atoms with Crippen LogP contribution < -0.4 is 0 Å². The van der Waals surface area contributed by atoms with E-state index in [0.29, 0.717) is 30.4 Å². The third-order valence-electron chi connectivity index (χ3n) is 2.20. The first kappa shape index (κ1) is 11.2. The number of hydrogen-bond acceptors (Lipinski definition) is 6. The molecule has 0 saturated carbocycles. The minimum absolute atomic E-state index is 0.199. The molecular weight excluding hydrogens is 218 g/mol. The molecule has 2 aromatic rings. The fourth-order valence-corrected chi connectivity index (χ4v) is 1.37. The molecule has 0 spiro atoms. The summed E-state index contributed by atoms with van der Waals surface area (Å²) in [6, 6.07) is 3.83. The minimum Gasteiger partial charge on any atom is -0.339 e. The molecule has 0 aliphatic rings. The first-order chi connectivity index (χ1) is 8.29. The van der Waals surface area contributed by atoms with Gasteiger partial charge in [-0.1, -0.05) is 12.1 Å². The van der Waals surface area contributed by atoms with Crippen molar-refractivity contribution in [1.29, 1.82) is 5.26 Å². The second kappa shape index (κ2) is 5.16. The van der Waals surface area contributed by atoms with Crippen molar-refractivity contribution in [3.05, 3.63) is 24.4 Å². The van der Waals surface area contributed by atoms with Gasteiger partial charge in [-0.3, -0.25) is 0 Å². The van der Waals surface area contributed by atoms with Crippen molar-refractivity contribution < 1.29 is 4.52 Å². The molecule has 0 radical (unpaired) electrons. The molecule has 0 aliphatic heterocycles. The van der Waals surface area contributed by atoms with Crippen LogP contribution >= 0.6 is 0 Å². The molecular formula is C11H11N5O. The average molecular weight is 229 g/mol. The molecule has 2 heterocycles. The highest BCUT2D eigenvalue weighted by atomic mass is 16.5. The summed E-state index contributed by atoms with van der Waals surface area (Å²) in [6.45, 7) is 1.96. The van der Waals surface area contributed by atoms with Crippen LogP contribution in [0.4, 0.5) is 0 Å². The molecule has 2 aromatic heterocycles. The van der Waals surface area contributed by atoms with Gasteiger partial charge >= 0.3 is 0 Å². The molecule has 0 aliphatic carbocycles. The van der Waals surface area contributed by atoms with Crippen molar-refractivity contribution in [2.45, 2.75) is 19.8 Å². The van der Waals surface area contributed by atoms with Gasteiger partial charge in [0, 0.05) is 25.2 Å². The zero-order valence-corrected chi connectivity index (χ0v) is 9.37. The van der Waals surface area contributed by atoms with E-state index in [1.165, 1.54) is 0 Å². The second-order valence-electron chi connectivity index (χ2n) is 3.76. The summed E-state index contributed by atoms with van der Waals surface area (Å²) in [7, 11) is 0. The van der Waals surface area contributed by atoms with Crippen LogP contribution in [0.1, 0.15) is 19.2 Å². The third kappa shape index (κ3) is 2.84. The first-order valence-corrected chi connectivity index (χ1v) is 5.26. The lowest BCUT2D eigenvalue weighted by Gasteiger charge is -2.00. The van der Waals surface area contributed by atoms with Gasteiger partial charge in [0.2, 0.25) is 17.5 Å². The Morgan fingerprint density at radius 1 is 1.35 bits per heavy atom. The molecule has 1 atom stereocenters. The topological polar surface area (TPSA) is 88.5 Å². The standard InChI is InChI=1S/C11H11N5O/c1-8(3-4-12)7-9-15-11(16-17-9)10-13-5-2-6-14-10/h2,5-6,8H,3,7H2,1H3. The minimum atomic E-state index is 0.199. The van der Waals surface area contributed by atoms with Crippen LogP contribution in [0.3, 0.4) is 0 Å². The molecule has 6 heteroatoms. The smallest absolute Gasteiger partial charge is 0.240 e.